The number of rotatable bonds is 8. The van der Waals surface area contributed by atoms with E-state index < -0.39 is 8.07 Å². The summed E-state index contributed by atoms with van der Waals surface area (Å²) >= 11 is 0. The molecule has 5 heteroatoms. The van der Waals surface area contributed by atoms with Crippen LogP contribution in [-0.2, 0) is 19.1 Å². The van der Waals surface area contributed by atoms with Gasteiger partial charge in [0.25, 0.3) is 0 Å². The van der Waals surface area contributed by atoms with Gasteiger partial charge in [-0.1, -0.05) is 86.3 Å². The molecule has 0 radical (unpaired) electrons. The molecule has 2 aromatic carbocycles. The Morgan fingerprint density at radius 1 is 0.788 bits per heavy atom. The summed E-state index contributed by atoms with van der Waals surface area (Å²) in [7, 11) is -1.59. The molecule has 0 aromatic heterocycles. The van der Waals surface area contributed by atoms with Crippen molar-refractivity contribution in [2.45, 2.75) is 46.0 Å². The standard InChI is InChI=1S/C28H34O4Si/c1-6-31-27(29)23-18-22(19-33(3,4)5)26(28(30)32-7-2)25(21-16-12-9-13-17-21)24(23)20-14-10-8-11-15-20/h8-17,22H,6-7,18-19H2,1-5H3. The monoisotopic (exact) mass is 462 g/mol. The molecule has 0 bridgehead atoms. The Morgan fingerprint density at radius 2 is 1.27 bits per heavy atom. The fourth-order valence-corrected chi connectivity index (χ4v) is 6.39. The summed E-state index contributed by atoms with van der Waals surface area (Å²) in [6.07, 6.45) is 0.470. The zero-order chi connectivity index (χ0) is 24.0. The minimum Gasteiger partial charge on any atom is -0.463 e. The van der Waals surface area contributed by atoms with Crippen LogP contribution in [0.25, 0.3) is 11.1 Å². The third kappa shape index (κ3) is 5.91. The Morgan fingerprint density at radius 3 is 1.76 bits per heavy atom. The van der Waals surface area contributed by atoms with E-state index in [1.54, 1.807) is 0 Å². The molecule has 0 saturated heterocycles. The fourth-order valence-electron chi connectivity index (χ4n) is 4.56. The van der Waals surface area contributed by atoms with Crippen molar-refractivity contribution < 1.29 is 19.1 Å². The van der Waals surface area contributed by atoms with E-state index in [0.29, 0.717) is 30.8 Å². The number of ether oxygens (including phenoxy) is 2. The third-order valence-corrected chi connectivity index (χ3v) is 7.40. The maximum absolute atomic E-state index is 13.5. The van der Waals surface area contributed by atoms with Crippen LogP contribution in [0, 0.1) is 5.92 Å². The van der Waals surface area contributed by atoms with Crippen molar-refractivity contribution in [1.82, 2.24) is 0 Å². The van der Waals surface area contributed by atoms with E-state index in [0.717, 1.165) is 28.3 Å². The summed E-state index contributed by atoms with van der Waals surface area (Å²) in [6.45, 7) is 11.1. The van der Waals surface area contributed by atoms with Crippen molar-refractivity contribution in [3.05, 3.63) is 82.9 Å². The van der Waals surface area contributed by atoms with Crippen LogP contribution in [0.2, 0.25) is 25.7 Å². The lowest BCUT2D eigenvalue weighted by molar-refractivity contribution is -0.140. The van der Waals surface area contributed by atoms with E-state index in [-0.39, 0.29) is 17.9 Å². The predicted octanol–water partition coefficient (Wildman–Crippen LogP) is 6.38. The Labute approximate surface area is 198 Å². The molecular formula is C28H34O4Si. The largest absolute Gasteiger partial charge is 0.463 e. The predicted molar refractivity (Wildman–Crippen MR) is 136 cm³/mol. The maximum Gasteiger partial charge on any atom is 0.334 e. The summed E-state index contributed by atoms with van der Waals surface area (Å²) in [4.78, 5) is 26.7. The molecule has 0 heterocycles. The molecule has 0 amide bonds. The van der Waals surface area contributed by atoms with E-state index in [9.17, 15) is 9.59 Å². The smallest absolute Gasteiger partial charge is 0.334 e. The van der Waals surface area contributed by atoms with Gasteiger partial charge >= 0.3 is 11.9 Å². The van der Waals surface area contributed by atoms with Crippen molar-refractivity contribution in [2.75, 3.05) is 13.2 Å². The topological polar surface area (TPSA) is 52.6 Å². The number of esters is 2. The van der Waals surface area contributed by atoms with Gasteiger partial charge in [0.15, 0.2) is 0 Å². The second kappa shape index (κ2) is 10.8. The summed E-state index contributed by atoms with van der Waals surface area (Å²) in [5.74, 6) is -0.706. The van der Waals surface area contributed by atoms with E-state index in [1.807, 2.05) is 74.5 Å². The van der Waals surface area contributed by atoms with Gasteiger partial charge in [0.2, 0.25) is 0 Å². The Kier molecular flexibility index (Phi) is 8.09. The van der Waals surface area contributed by atoms with Gasteiger partial charge in [-0.3, -0.25) is 0 Å². The molecule has 0 saturated carbocycles. The van der Waals surface area contributed by atoms with Gasteiger partial charge in [-0.2, -0.15) is 0 Å². The van der Waals surface area contributed by atoms with Crippen molar-refractivity contribution in [3.63, 3.8) is 0 Å². The normalized spacial score (nSPS) is 16.6. The molecule has 174 valence electrons. The van der Waals surface area contributed by atoms with Crippen LogP contribution < -0.4 is 0 Å². The summed E-state index contributed by atoms with van der Waals surface area (Å²) in [5.41, 5.74) is 4.68. The first-order valence-corrected chi connectivity index (χ1v) is 15.4. The van der Waals surface area contributed by atoms with Crippen LogP contribution in [0.3, 0.4) is 0 Å². The first-order chi connectivity index (χ1) is 15.8. The minimum absolute atomic E-state index is 0.0993. The van der Waals surface area contributed by atoms with Gasteiger partial charge in [0.1, 0.15) is 0 Å². The van der Waals surface area contributed by atoms with Crippen molar-refractivity contribution in [1.29, 1.82) is 0 Å². The fraction of sp³-hybridized carbons (Fsp3) is 0.357. The van der Waals surface area contributed by atoms with Crippen molar-refractivity contribution >= 4 is 31.2 Å². The van der Waals surface area contributed by atoms with E-state index in [1.165, 1.54) is 0 Å². The highest BCUT2D eigenvalue weighted by Crippen LogP contribution is 2.47. The molecule has 3 rings (SSSR count). The molecule has 0 fully saturated rings. The summed E-state index contributed by atoms with van der Waals surface area (Å²) in [6, 6.07) is 20.6. The molecule has 1 atom stereocenters. The van der Waals surface area contributed by atoms with Gasteiger partial charge < -0.3 is 9.47 Å². The quantitative estimate of drug-likeness (QED) is 0.337. The molecule has 1 aliphatic carbocycles. The minimum atomic E-state index is -1.59. The first kappa shape index (κ1) is 24.7. The molecule has 0 aliphatic heterocycles. The molecule has 1 aliphatic rings. The van der Waals surface area contributed by atoms with Crippen molar-refractivity contribution in [2.24, 2.45) is 5.92 Å². The Bertz CT molecular complexity index is 1050. The molecule has 2 aromatic rings. The van der Waals surface area contributed by atoms with E-state index >= 15 is 0 Å². The van der Waals surface area contributed by atoms with Crippen LogP contribution in [0.5, 0.6) is 0 Å². The molecule has 4 nitrogen and oxygen atoms in total. The molecular weight excluding hydrogens is 428 g/mol. The highest BCUT2D eigenvalue weighted by Gasteiger charge is 2.39. The van der Waals surface area contributed by atoms with Crippen LogP contribution in [0.1, 0.15) is 31.4 Å². The van der Waals surface area contributed by atoms with Crippen LogP contribution >= 0.6 is 0 Å². The first-order valence-electron chi connectivity index (χ1n) is 11.7. The van der Waals surface area contributed by atoms with Crippen LogP contribution in [0.4, 0.5) is 0 Å². The van der Waals surface area contributed by atoms with Gasteiger partial charge in [-0.05, 0) is 37.3 Å². The molecule has 1 unspecified atom stereocenters. The third-order valence-electron chi connectivity index (χ3n) is 5.68. The van der Waals surface area contributed by atoms with E-state index in [2.05, 4.69) is 19.6 Å². The Balaban J connectivity index is 2.40. The maximum atomic E-state index is 13.5. The highest BCUT2D eigenvalue weighted by molar-refractivity contribution is 6.76. The summed E-state index contributed by atoms with van der Waals surface area (Å²) < 4.78 is 11.1. The van der Waals surface area contributed by atoms with Gasteiger partial charge in [0, 0.05) is 30.4 Å². The average molecular weight is 463 g/mol. The second-order valence-corrected chi connectivity index (χ2v) is 15.0. The number of hydrogen-bond acceptors (Lipinski definition) is 4. The zero-order valence-corrected chi connectivity index (χ0v) is 21.3. The summed E-state index contributed by atoms with van der Waals surface area (Å²) in [5, 5.41) is 0. The average Bonchev–Trinajstić information content (AvgIpc) is 2.78. The van der Waals surface area contributed by atoms with Crippen molar-refractivity contribution in [3.8, 4) is 0 Å². The van der Waals surface area contributed by atoms with Gasteiger partial charge in [0.05, 0.1) is 13.2 Å². The molecule has 0 spiro atoms. The lowest BCUT2D eigenvalue weighted by atomic mass is 9.74. The number of carbonyl (C=O) groups is 2. The molecule has 0 N–H and O–H groups in total. The van der Waals surface area contributed by atoms with Gasteiger partial charge in [-0.15, -0.1) is 0 Å². The zero-order valence-electron chi connectivity index (χ0n) is 20.3. The highest BCUT2D eigenvalue weighted by atomic mass is 28.3. The lowest BCUT2D eigenvalue weighted by Gasteiger charge is -2.34. The SMILES string of the molecule is CCOC(=O)C1=C(c2ccccc2)C(c2ccccc2)=C(C(=O)OCC)C(C[Si](C)(C)C)C1. The number of benzene rings is 2. The number of carbonyl (C=O) groups excluding carboxylic acids is 2. The molecule has 33 heavy (non-hydrogen) atoms. The lowest BCUT2D eigenvalue weighted by Crippen LogP contribution is -2.31. The van der Waals surface area contributed by atoms with E-state index in [4.69, 9.17) is 9.47 Å². The van der Waals surface area contributed by atoms with Gasteiger partial charge in [-0.25, -0.2) is 9.59 Å². The van der Waals surface area contributed by atoms with Crippen LogP contribution in [-0.4, -0.2) is 33.2 Å². The second-order valence-electron chi connectivity index (χ2n) is 9.48. The van der Waals surface area contributed by atoms with Crippen LogP contribution in [0.15, 0.2) is 71.8 Å². The number of hydrogen-bond donors (Lipinski definition) is 0. The Hall–Kier alpha value is -2.92. The number of allylic oxidation sites excluding steroid dienone is 2.